The number of esters is 1. The summed E-state index contributed by atoms with van der Waals surface area (Å²) in [6.45, 7) is 2.10. The molecule has 0 bridgehead atoms. The Bertz CT molecular complexity index is 531. The fourth-order valence-electron chi connectivity index (χ4n) is 1.52. The summed E-state index contributed by atoms with van der Waals surface area (Å²) in [6.07, 6.45) is 3.05. The maximum atomic E-state index is 11.3. The third kappa shape index (κ3) is 4.37. The van der Waals surface area contributed by atoms with Crippen LogP contribution in [0.3, 0.4) is 0 Å². The maximum Gasteiger partial charge on any atom is 0.330 e. The number of benzene rings is 1. The summed E-state index contributed by atoms with van der Waals surface area (Å²) in [7, 11) is 3.74. The van der Waals surface area contributed by atoms with Crippen molar-refractivity contribution in [3.05, 3.63) is 40.3 Å². The lowest BCUT2D eigenvalue weighted by Gasteiger charge is -2.16. The molecule has 0 amide bonds. The van der Waals surface area contributed by atoms with E-state index in [4.69, 9.17) is 10.3 Å². The molecule has 0 aliphatic rings. The Morgan fingerprint density at radius 1 is 1.53 bits per heavy atom. The molecule has 0 aliphatic carbocycles. The second-order valence-corrected chi connectivity index (χ2v) is 3.91. The van der Waals surface area contributed by atoms with Gasteiger partial charge in [-0.3, -0.25) is 0 Å². The van der Waals surface area contributed by atoms with Crippen LogP contribution < -0.4 is 4.90 Å². The molecular weight excluding hydrogens is 244 g/mol. The third-order valence-corrected chi connectivity index (χ3v) is 2.34. The molecule has 1 aromatic rings. The van der Waals surface area contributed by atoms with E-state index in [-0.39, 0.29) is 5.97 Å². The van der Waals surface area contributed by atoms with Crippen LogP contribution in [-0.2, 0) is 9.53 Å². The molecule has 19 heavy (non-hydrogen) atoms. The molecule has 0 aromatic heterocycles. The van der Waals surface area contributed by atoms with Gasteiger partial charge in [-0.2, -0.15) is 0 Å². The predicted molar refractivity (Wildman–Crippen MR) is 75.2 cm³/mol. The van der Waals surface area contributed by atoms with Crippen LogP contribution >= 0.6 is 0 Å². The molecule has 0 atom stereocenters. The first-order valence-electron chi connectivity index (χ1n) is 5.79. The quantitative estimate of drug-likeness (QED) is 0.268. The van der Waals surface area contributed by atoms with E-state index < -0.39 is 0 Å². The molecule has 0 heterocycles. The van der Waals surface area contributed by atoms with Crippen LogP contribution in [0.15, 0.2) is 29.4 Å². The van der Waals surface area contributed by atoms with E-state index in [1.54, 1.807) is 31.2 Å². The molecule has 1 rings (SSSR count). The zero-order valence-corrected chi connectivity index (χ0v) is 11.2. The van der Waals surface area contributed by atoms with Gasteiger partial charge in [0.25, 0.3) is 0 Å². The highest BCUT2D eigenvalue weighted by atomic mass is 16.5. The van der Waals surface area contributed by atoms with E-state index in [1.165, 1.54) is 6.08 Å². The lowest BCUT2D eigenvalue weighted by Crippen LogP contribution is -2.10. The largest absolute Gasteiger partial charge is 0.463 e. The lowest BCUT2D eigenvalue weighted by atomic mass is 10.1. The van der Waals surface area contributed by atoms with Crippen molar-refractivity contribution >= 4 is 23.4 Å². The smallest absolute Gasteiger partial charge is 0.330 e. The summed E-state index contributed by atoms with van der Waals surface area (Å²) in [6, 6.07) is 5.23. The van der Waals surface area contributed by atoms with Crippen LogP contribution in [0.25, 0.3) is 16.5 Å². The lowest BCUT2D eigenvalue weighted by molar-refractivity contribution is -0.137. The Morgan fingerprint density at radius 2 is 2.26 bits per heavy atom. The Balaban J connectivity index is 3.06. The zero-order valence-electron chi connectivity index (χ0n) is 11.2. The fraction of sp³-hybridized carbons (Fsp3) is 0.308. The van der Waals surface area contributed by atoms with Crippen molar-refractivity contribution < 1.29 is 9.53 Å². The molecule has 100 valence electrons. The number of anilines is 1. The first-order chi connectivity index (χ1) is 9.08. The molecule has 0 radical (unpaired) electrons. The molecule has 0 fully saturated rings. The van der Waals surface area contributed by atoms with Gasteiger partial charge in [0.2, 0.25) is 0 Å². The molecule has 6 nitrogen and oxygen atoms in total. The van der Waals surface area contributed by atoms with Crippen molar-refractivity contribution in [2.24, 2.45) is 5.11 Å². The highest BCUT2D eigenvalue weighted by molar-refractivity contribution is 5.88. The summed E-state index contributed by atoms with van der Waals surface area (Å²) in [5.41, 5.74) is 10.6. The first kappa shape index (κ1) is 14.6. The maximum absolute atomic E-state index is 11.3. The topological polar surface area (TPSA) is 78.3 Å². The van der Waals surface area contributed by atoms with Crippen LogP contribution in [0.5, 0.6) is 0 Å². The van der Waals surface area contributed by atoms with Gasteiger partial charge in [0, 0.05) is 36.5 Å². The summed E-state index contributed by atoms with van der Waals surface area (Å²) in [5, 5.41) is 3.55. The number of carbonyl (C=O) groups is 1. The van der Waals surface area contributed by atoms with E-state index in [0.717, 1.165) is 11.3 Å². The monoisotopic (exact) mass is 260 g/mol. The first-order valence-corrected chi connectivity index (χ1v) is 5.79. The van der Waals surface area contributed by atoms with Gasteiger partial charge in [-0.15, -0.1) is 0 Å². The van der Waals surface area contributed by atoms with Crippen LogP contribution in [-0.4, -0.2) is 26.7 Å². The molecule has 0 unspecified atom stereocenters. The Labute approximate surface area is 111 Å². The Kier molecular flexibility index (Phi) is 5.44. The average molecular weight is 260 g/mol. The minimum absolute atomic E-state index is 0.347. The number of azide groups is 1. The van der Waals surface area contributed by atoms with Crippen molar-refractivity contribution in [1.29, 1.82) is 0 Å². The SMILES string of the molecule is CCOC(=O)C=Cc1ccc(N=[N+]=[N-])cc1N(C)C. The van der Waals surface area contributed by atoms with Gasteiger partial charge in [-0.25, -0.2) is 4.79 Å². The molecule has 6 heteroatoms. The van der Waals surface area contributed by atoms with Gasteiger partial charge in [-0.05, 0) is 30.2 Å². The summed E-state index contributed by atoms with van der Waals surface area (Å²) in [4.78, 5) is 15.9. The van der Waals surface area contributed by atoms with E-state index in [9.17, 15) is 4.79 Å². The molecule has 1 aromatic carbocycles. The molecule has 0 saturated heterocycles. The van der Waals surface area contributed by atoms with Crippen molar-refractivity contribution in [3.8, 4) is 0 Å². The standard InChI is InChI=1S/C13H16N4O2/c1-4-19-13(18)8-6-10-5-7-11(15-16-14)9-12(10)17(2)3/h5-9H,4H2,1-3H3. The highest BCUT2D eigenvalue weighted by Crippen LogP contribution is 2.26. The van der Waals surface area contributed by atoms with Crippen molar-refractivity contribution in [2.45, 2.75) is 6.92 Å². The van der Waals surface area contributed by atoms with Gasteiger partial charge in [0.15, 0.2) is 0 Å². The van der Waals surface area contributed by atoms with E-state index in [1.807, 2.05) is 19.0 Å². The molecule has 0 N–H and O–H groups in total. The summed E-state index contributed by atoms with van der Waals surface area (Å²) >= 11 is 0. The van der Waals surface area contributed by atoms with Gasteiger partial charge < -0.3 is 9.64 Å². The Morgan fingerprint density at radius 3 is 2.84 bits per heavy atom. The third-order valence-electron chi connectivity index (χ3n) is 2.34. The minimum atomic E-state index is -0.383. The predicted octanol–water partition coefficient (Wildman–Crippen LogP) is 3.27. The Hall–Kier alpha value is -2.46. The minimum Gasteiger partial charge on any atom is -0.463 e. The van der Waals surface area contributed by atoms with Crippen molar-refractivity contribution in [1.82, 2.24) is 0 Å². The van der Waals surface area contributed by atoms with Crippen LogP contribution in [0.4, 0.5) is 11.4 Å². The molecule has 0 spiro atoms. The molecule has 0 aliphatic heterocycles. The molecular formula is C13H16N4O2. The van der Waals surface area contributed by atoms with Gasteiger partial charge in [-0.1, -0.05) is 17.2 Å². The normalized spacial score (nSPS) is 10.1. The van der Waals surface area contributed by atoms with Crippen LogP contribution in [0, 0.1) is 0 Å². The number of nitrogens with zero attached hydrogens (tertiary/aromatic N) is 4. The van der Waals surface area contributed by atoms with Crippen molar-refractivity contribution in [3.63, 3.8) is 0 Å². The van der Waals surface area contributed by atoms with E-state index in [2.05, 4.69) is 10.0 Å². The number of ether oxygens (including phenoxy) is 1. The van der Waals surface area contributed by atoms with E-state index in [0.29, 0.717) is 12.3 Å². The summed E-state index contributed by atoms with van der Waals surface area (Å²) in [5.74, 6) is -0.383. The van der Waals surface area contributed by atoms with Gasteiger partial charge in [0.1, 0.15) is 0 Å². The van der Waals surface area contributed by atoms with Gasteiger partial charge >= 0.3 is 5.97 Å². The second-order valence-electron chi connectivity index (χ2n) is 3.91. The number of carbonyl (C=O) groups excluding carboxylic acids is 1. The fourth-order valence-corrected chi connectivity index (χ4v) is 1.52. The van der Waals surface area contributed by atoms with Gasteiger partial charge in [0.05, 0.1) is 6.61 Å². The number of hydrogen-bond acceptors (Lipinski definition) is 4. The van der Waals surface area contributed by atoms with Crippen LogP contribution in [0.1, 0.15) is 12.5 Å². The number of rotatable bonds is 5. The summed E-state index contributed by atoms with van der Waals surface area (Å²) < 4.78 is 4.82. The zero-order chi connectivity index (χ0) is 14.3. The average Bonchev–Trinajstić information content (AvgIpc) is 2.37. The van der Waals surface area contributed by atoms with Crippen LogP contribution in [0.2, 0.25) is 0 Å². The highest BCUT2D eigenvalue weighted by Gasteiger charge is 2.04. The van der Waals surface area contributed by atoms with Crippen molar-refractivity contribution in [2.75, 3.05) is 25.6 Å². The second kappa shape index (κ2) is 7.08. The number of hydrogen-bond donors (Lipinski definition) is 0. The van der Waals surface area contributed by atoms with E-state index >= 15 is 0 Å². The molecule has 0 saturated carbocycles.